The molecule has 1 amide bonds. The molecule has 8 nitrogen and oxygen atoms in total. The quantitative estimate of drug-likeness (QED) is 0.585. The van der Waals surface area contributed by atoms with Crippen LogP contribution in [0, 0.1) is 28.6 Å². The molecule has 0 unspecified atom stereocenters. The highest BCUT2D eigenvalue weighted by atomic mass is 19.3. The molecule has 1 saturated carbocycles. The van der Waals surface area contributed by atoms with E-state index in [1.165, 1.54) is 4.68 Å². The summed E-state index contributed by atoms with van der Waals surface area (Å²) in [4.78, 5) is 15.2. The summed E-state index contributed by atoms with van der Waals surface area (Å²) in [5, 5.41) is 18.7. The van der Waals surface area contributed by atoms with Crippen molar-refractivity contribution in [2.24, 2.45) is 17.3 Å². The topological polar surface area (TPSA) is 88.4 Å². The van der Waals surface area contributed by atoms with Crippen LogP contribution in [0.2, 0.25) is 0 Å². The van der Waals surface area contributed by atoms with Gasteiger partial charge < -0.3 is 9.64 Å². The summed E-state index contributed by atoms with van der Waals surface area (Å²) in [6.07, 6.45) is 8.36. The zero-order valence-electron chi connectivity index (χ0n) is 18.7. The third-order valence-electron chi connectivity index (χ3n) is 7.48. The molecular formula is C24H24F2N6O2. The molecule has 6 rings (SSSR count). The third-order valence-corrected chi connectivity index (χ3v) is 7.48. The Labute approximate surface area is 194 Å². The summed E-state index contributed by atoms with van der Waals surface area (Å²) in [7, 11) is 0. The zero-order valence-corrected chi connectivity index (χ0v) is 18.7. The fourth-order valence-corrected chi connectivity index (χ4v) is 5.56. The minimum absolute atomic E-state index is 0.0609. The molecule has 0 aromatic carbocycles. The van der Waals surface area contributed by atoms with E-state index in [2.05, 4.69) is 16.3 Å². The van der Waals surface area contributed by atoms with Gasteiger partial charge in [-0.2, -0.15) is 15.5 Å². The molecular weight excluding hydrogens is 442 g/mol. The molecule has 176 valence electrons. The number of hydrogen-bond donors (Lipinski definition) is 0. The number of hydrogen-bond acceptors (Lipinski definition) is 5. The smallest absolute Gasteiger partial charge is 0.273 e. The summed E-state index contributed by atoms with van der Waals surface area (Å²) in [5.74, 6) is -2.93. The second-order valence-electron chi connectivity index (χ2n) is 9.78. The van der Waals surface area contributed by atoms with Gasteiger partial charge in [-0.15, -0.1) is 0 Å². The van der Waals surface area contributed by atoms with E-state index in [-0.39, 0.29) is 30.8 Å². The van der Waals surface area contributed by atoms with E-state index in [4.69, 9.17) is 4.74 Å². The number of carbonyl (C=O) groups excluding carboxylic acids is 1. The van der Waals surface area contributed by atoms with E-state index >= 15 is 0 Å². The number of anilines is 1. The van der Waals surface area contributed by atoms with Gasteiger partial charge in [0.05, 0.1) is 36.1 Å². The van der Waals surface area contributed by atoms with Crippen LogP contribution in [0.25, 0.3) is 16.6 Å². The highest BCUT2D eigenvalue weighted by Gasteiger charge is 2.61. The Bertz CT molecular complexity index is 1320. The lowest BCUT2D eigenvalue weighted by Crippen LogP contribution is -2.37. The average Bonchev–Trinajstić information content (AvgIpc) is 3.28. The van der Waals surface area contributed by atoms with Gasteiger partial charge >= 0.3 is 0 Å². The Kier molecular flexibility index (Phi) is 4.58. The first-order valence-electron chi connectivity index (χ1n) is 11.5. The maximum Gasteiger partial charge on any atom is 0.273 e. The minimum atomic E-state index is -2.86. The van der Waals surface area contributed by atoms with Crippen LogP contribution in [0.3, 0.4) is 0 Å². The molecule has 3 aliphatic rings. The van der Waals surface area contributed by atoms with Gasteiger partial charge in [0.25, 0.3) is 5.92 Å². The molecule has 3 aromatic heterocycles. The summed E-state index contributed by atoms with van der Waals surface area (Å²) < 4.78 is 35.8. The molecule has 3 fully saturated rings. The van der Waals surface area contributed by atoms with E-state index in [0.29, 0.717) is 12.2 Å². The number of alkyl halides is 2. The van der Waals surface area contributed by atoms with E-state index in [1.807, 2.05) is 19.2 Å². The predicted octanol–water partition coefficient (Wildman–Crippen LogP) is 3.70. The lowest BCUT2D eigenvalue weighted by Gasteiger charge is -2.29. The molecule has 2 aliphatic heterocycles. The van der Waals surface area contributed by atoms with Crippen LogP contribution < -0.4 is 4.90 Å². The van der Waals surface area contributed by atoms with E-state index in [9.17, 15) is 18.8 Å². The highest BCUT2D eigenvalue weighted by molar-refractivity contribution is 6.05. The van der Waals surface area contributed by atoms with Gasteiger partial charge in [0.15, 0.2) is 0 Å². The molecule has 10 heteroatoms. The van der Waals surface area contributed by atoms with Gasteiger partial charge in [-0.25, -0.2) is 13.3 Å². The van der Waals surface area contributed by atoms with Crippen molar-refractivity contribution in [3.8, 4) is 17.2 Å². The average molecular weight is 466 g/mol. The van der Waals surface area contributed by atoms with Crippen molar-refractivity contribution in [2.75, 3.05) is 24.7 Å². The fourth-order valence-electron chi connectivity index (χ4n) is 5.56. The first-order chi connectivity index (χ1) is 16.3. The Morgan fingerprint density at radius 1 is 1.24 bits per heavy atom. The van der Waals surface area contributed by atoms with Crippen molar-refractivity contribution in [3.63, 3.8) is 0 Å². The maximum atomic E-state index is 13.8. The van der Waals surface area contributed by atoms with Gasteiger partial charge in [-0.05, 0) is 30.9 Å². The number of nitrogens with zero attached hydrogens (tertiary/aromatic N) is 6. The van der Waals surface area contributed by atoms with Crippen molar-refractivity contribution in [2.45, 2.75) is 38.2 Å². The second-order valence-corrected chi connectivity index (χ2v) is 9.78. The van der Waals surface area contributed by atoms with Crippen LogP contribution in [0.1, 0.15) is 32.2 Å². The molecule has 3 atom stereocenters. The first kappa shape index (κ1) is 21.2. The van der Waals surface area contributed by atoms with E-state index < -0.39 is 24.0 Å². The first-order valence-corrected chi connectivity index (χ1v) is 11.5. The number of aromatic nitrogens is 4. The van der Waals surface area contributed by atoms with Crippen LogP contribution in [0.4, 0.5) is 14.5 Å². The minimum Gasteiger partial charge on any atom is -0.373 e. The number of rotatable bonds is 4. The standard InChI is InChI=1S/C24H24F2N6O2/c1-15-9-30(22(33)24(15,13-27)18-2-3-18)20-4-5-28-32-10-16(6-21(20)32)17-8-29-31(11-17)19-7-23(25,26)14-34-12-19/h4-6,8,10-11,15,18-19H,2-3,7,9,12,14H2,1H3/t15-,19+,24+/m1/s1. The zero-order chi connectivity index (χ0) is 23.7. The van der Waals surface area contributed by atoms with Crippen LogP contribution in [-0.4, -0.2) is 51.0 Å². The second kappa shape index (κ2) is 7.34. The molecule has 3 aromatic rings. The normalized spacial score (nSPS) is 29.0. The fraction of sp³-hybridized carbons (Fsp3) is 0.500. The SMILES string of the molecule is C[C@@H]1CN(c2ccnn3cc(-c4cnn([C@@H]5COCC(F)(F)C5)c4)cc23)C(=O)[C@]1(C#N)C1CC1. The van der Waals surface area contributed by atoms with Gasteiger partial charge in [0, 0.05) is 48.6 Å². The summed E-state index contributed by atoms with van der Waals surface area (Å²) >= 11 is 0. The lowest BCUT2D eigenvalue weighted by molar-refractivity contribution is -0.133. The molecule has 34 heavy (non-hydrogen) atoms. The maximum absolute atomic E-state index is 13.8. The monoisotopic (exact) mass is 466 g/mol. The largest absolute Gasteiger partial charge is 0.373 e. The van der Waals surface area contributed by atoms with Gasteiger partial charge in [-0.3, -0.25) is 9.48 Å². The Morgan fingerprint density at radius 2 is 2.06 bits per heavy atom. The summed E-state index contributed by atoms with van der Waals surface area (Å²) in [5.41, 5.74) is 2.06. The molecule has 0 bridgehead atoms. The molecule has 2 saturated heterocycles. The van der Waals surface area contributed by atoms with Crippen molar-refractivity contribution < 1.29 is 18.3 Å². The third kappa shape index (κ3) is 3.14. The molecule has 0 radical (unpaired) electrons. The Morgan fingerprint density at radius 3 is 2.79 bits per heavy atom. The van der Waals surface area contributed by atoms with Gasteiger partial charge in [0.1, 0.15) is 12.0 Å². The van der Waals surface area contributed by atoms with Crippen molar-refractivity contribution in [1.29, 1.82) is 5.26 Å². The number of halogens is 2. The van der Waals surface area contributed by atoms with Crippen LogP contribution in [0.5, 0.6) is 0 Å². The number of fused-ring (bicyclic) bond motifs is 1. The summed E-state index contributed by atoms with van der Waals surface area (Å²) in [6.45, 7) is 2.10. The van der Waals surface area contributed by atoms with E-state index in [0.717, 1.165) is 29.5 Å². The number of carbonyl (C=O) groups is 1. The lowest BCUT2D eigenvalue weighted by atomic mass is 9.75. The van der Waals surface area contributed by atoms with Crippen LogP contribution in [0.15, 0.2) is 36.9 Å². The molecule has 0 spiro atoms. The molecule has 0 N–H and O–H groups in total. The number of ether oxygens (including phenoxy) is 1. The van der Waals surface area contributed by atoms with Crippen LogP contribution >= 0.6 is 0 Å². The van der Waals surface area contributed by atoms with Crippen molar-refractivity contribution >= 4 is 17.1 Å². The predicted molar refractivity (Wildman–Crippen MR) is 118 cm³/mol. The Balaban J connectivity index is 1.33. The van der Waals surface area contributed by atoms with E-state index in [1.54, 1.807) is 34.1 Å². The summed E-state index contributed by atoms with van der Waals surface area (Å²) in [6, 6.07) is 5.55. The van der Waals surface area contributed by atoms with Crippen molar-refractivity contribution in [3.05, 3.63) is 36.9 Å². The van der Waals surface area contributed by atoms with Gasteiger partial charge in [-0.1, -0.05) is 6.92 Å². The molecule has 5 heterocycles. The highest BCUT2D eigenvalue weighted by Crippen LogP contribution is 2.54. The number of amides is 1. The van der Waals surface area contributed by atoms with Crippen molar-refractivity contribution in [1.82, 2.24) is 19.4 Å². The van der Waals surface area contributed by atoms with Crippen LogP contribution in [-0.2, 0) is 9.53 Å². The van der Waals surface area contributed by atoms with Gasteiger partial charge in [0.2, 0.25) is 5.91 Å². The Hall–Kier alpha value is -3.32. The number of nitriles is 1. The molecule has 1 aliphatic carbocycles.